The molecule has 0 bridgehead atoms. The number of hydrogen-bond donors (Lipinski definition) is 1. The summed E-state index contributed by atoms with van der Waals surface area (Å²) < 4.78 is 63.3. The minimum absolute atomic E-state index is 0.0499. The van der Waals surface area contributed by atoms with Gasteiger partial charge in [-0.3, -0.25) is 14.3 Å². The van der Waals surface area contributed by atoms with E-state index in [0.29, 0.717) is 4.90 Å². The Hall–Kier alpha value is -1.88. The van der Waals surface area contributed by atoms with E-state index in [2.05, 4.69) is 4.98 Å². The average Bonchev–Trinajstić information content (AvgIpc) is 2.96. The third-order valence-corrected chi connectivity index (χ3v) is 4.91. The van der Waals surface area contributed by atoms with Crippen LogP contribution in [0, 0.1) is 0 Å². The fraction of sp³-hybridized carbons (Fsp3) is 0.462. The first-order valence-corrected chi connectivity index (χ1v) is 9.05. The molecular formula is C13H13ClF3N3O4S. The number of halogens is 4. The van der Waals surface area contributed by atoms with Crippen molar-refractivity contribution >= 4 is 33.4 Å². The molecule has 1 atom stereocenters. The van der Waals surface area contributed by atoms with E-state index in [1.54, 1.807) is 4.72 Å². The van der Waals surface area contributed by atoms with E-state index in [0.717, 1.165) is 0 Å². The molecule has 138 valence electrons. The molecule has 1 aromatic rings. The summed E-state index contributed by atoms with van der Waals surface area (Å²) >= 11 is 5.58. The van der Waals surface area contributed by atoms with Crippen molar-refractivity contribution < 1.29 is 31.2 Å². The fourth-order valence-electron chi connectivity index (χ4n) is 2.41. The minimum atomic E-state index is -5.13. The highest BCUT2D eigenvalue weighted by molar-refractivity contribution is 7.89. The van der Waals surface area contributed by atoms with Gasteiger partial charge in [-0.25, -0.2) is 13.4 Å². The molecule has 1 fully saturated rings. The maximum Gasteiger partial charge on any atom is 0.471 e. The van der Waals surface area contributed by atoms with Crippen molar-refractivity contribution in [1.82, 2.24) is 14.6 Å². The largest absolute Gasteiger partial charge is 0.471 e. The molecule has 1 aliphatic rings. The zero-order valence-electron chi connectivity index (χ0n) is 12.6. The predicted octanol–water partition coefficient (Wildman–Crippen LogP) is 1.23. The first-order chi connectivity index (χ1) is 11.5. The number of nitrogens with one attached hydrogen (secondary N) is 1. The highest BCUT2D eigenvalue weighted by Crippen LogP contribution is 2.26. The number of rotatable bonds is 4. The number of hydrogen-bond acceptors (Lipinski definition) is 5. The highest BCUT2D eigenvalue weighted by Gasteiger charge is 2.48. The topological polar surface area (TPSA) is 96.4 Å². The summed E-state index contributed by atoms with van der Waals surface area (Å²) in [5, 5.41) is 0.150. The van der Waals surface area contributed by atoms with Gasteiger partial charge in [0.15, 0.2) is 0 Å². The summed E-state index contributed by atoms with van der Waals surface area (Å²) in [5.41, 5.74) is 0.236. The molecule has 0 saturated carbocycles. The molecule has 0 aromatic carbocycles. The lowest BCUT2D eigenvalue weighted by molar-refractivity contribution is -0.186. The molecular weight excluding hydrogens is 387 g/mol. The van der Waals surface area contributed by atoms with Gasteiger partial charge >= 0.3 is 12.1 Å². The normalized spacial score (nSPS) is 18.2. The quantitative estimate of drug-likeness (QED) is 0.768. The van der Waals surface area contributed by atoms with Crippen molar-refractivity contribution in [1.29, 1.82) is 0 Å². The molecule has 1 N–H and O–H groups in total. The van der Waals surface area contributed by atoms with E-state index in [1.165, 1.54) is 18.3 Å². The molecule has 1 aromatic heterocycles. The van der Waals surface area contributed by atoms with Gasteiger partial charge in [0, 0.05) is 12.7 Å². The second-order valence-electron chi connectivity index (χ2n) is 5.37. The summed E-state index contributed by atoms with van der Waals surface area (Å²) in [4.78, 5) is 27.4. The zero-order chi connectivity index (χ0) is 18.8. The Labute approximate surface area is 146 Å². The minimum Gasteiger partial charge on any atom is -0.323 e. The van der Waals surface area contributed by atoms with Gasteiger partial charge in [-0.2, -0.15) is 13.2 Å². The number of likely N-dealkylation sites (tertiary alicyclic amines) is 1. The molecule has 0 aliphatic carbocycles. The SMILES string of the molecule is O=C(NS(=O)(=O)Cc1ccc(Cl)nc1)[C@H]1CCCN1C(=O)C(F)(F)F. The molecule has 1 aliphatic heterocycles. The van der Waals surface area contributed by atoms with E-state index >= 15 is 0 Å². The van der Waals surface area contributed by atoms with Crippen LogP contribution in [0.2, 0.25) is 5.15 Å². The lowest BCUT2D eigenvalue weighted by atomic mass is 10.2. The van der Waals surface area contributed by atoms with Crippen LogP contribution in [-0.4, -0.2) is 48.9 Å². The van der Waals surface area contributed by atoms with Gasteiger partial charge in [0.2, 0.25) is 10.0 Å². The second-order valence-corrected chi connectivity index (χ2v) is 7.48. The van der Waals surface area contributed by atoms with Crippen LogP contribution in [0.4, 0.5) is 13.2 Å². The Morgan fingerprint density at radius 3 is 2.60 bits per heavy atom. The van der Waals surface area contributed by atoms with Crippen LogP contribution in [0.1, 0.15) is 18.4 Å². The van der Waals surface area contributed by atoms with E-state index in [4.69, 9.17) is 11.6 Å². The van der Waals surface area contributed by atoms with E-state index in [9.17, 15) is 31.2 Å². The Balaban J connectivity index is 2.07. The first kappa shape index (κ1) is 19.4. The molecule has 1 saturated heterocycles. The Morgan fingerprint density at radius 1 is 1.36 bits per heavy atom. The van der Waals surface area contributed by atoms with Gasteiger partial charge in [0.05, 0.1) is 5.75 Å². The van der Waals surface area contributed by atoms with Gasteiger partial charge < -0.3 is 4.90 Å². The molecule has 0 radical (unpaired) electrons. The summed E-state index contributed by atoms with van der Waals surface area (Å²) in [5.74, 6) is -3.94. The molecule has 12 heteroatoms. The second kappa shape index (κ2) is 7.16. The molecule has 7 nitrogen and oxygen atoms in total. The van der Waals surface area contributed by atoms with Crippen LogP contribution in [0.15, 0.2) is 18.3 Å². The van der Waals surface area contributed by atoms with Crippen LogP contribution in [0.5, 0.6) is 0 Å². The smallest absolute Gasteiger partial charge is 0.323 e. The monoisotopic (exact) mass is 399 g/mol. The van der Waals surface area contributed by atoms with E-state index in [1.807, 2.05) is 0 Å². The van der Waals surface area contributed by atoms with Gasteiger partial charge in [-0.1, -0.05) is 17.7 Å². The van der Waals surface area contributed by atoms with Crippen molar-refractivity contribution in [2.75, 3.05) is 6.54 Å². The Morgan fingerprint density at radius 2 is 2.04 bits per heavy atom. The van der Waals surface area contributed by atoms with Crippen LogP contribution in [-0.2, 0) is 25.4 Å². The van der Waals surface area contributed by atoms with E-state index < -0.39 is 39.8 Å². The zero-order valence-corrected chi connectivity index (χ0v) is 14.2. The predicted molar refractivity (Wildman–Crippen MR) is 80.8 cm³/mol. The third kappa shape index (κ3) is 5.05. The first-order valence-electron chi connectivity index (χ1n) is 7.02. The number of carbonyl (C=O) groups excluding carboxylic acids is 2. The van der Waals surface area contributed by atoms with Crippen molar-refractivity contribution in [3.63, 3.8) is 0 Å². The molecule has 2 rings (SSSR count). The number of aromatic nitrogens is 1. The molecule has 0 spiro atoms. The molecule has 25 heavy (non-hydrogen) atoms. The van der Waals surface area contributed by atoms with Gasteiger partial charge in [0.25, 0.3) is 5.91 Å². The maximum absolute atomic E-state index is 12.5. The highest BCUT2D eigenvalue weighted by atomic mass is 35.5. The van der Waals surface area contributed by atoms with Gasteiger partial charge in [0.1, 0.15) is 11.2 Å². The summed E-state index contributed by atoms with van der Waals surface area (Å²) in [7, 11) is -4.17. The summed E-state index contributed by atoms with van der Waals surface area (Å²) in [6, 6.07) is 1.26. The van der Waals surface area contributed by atoms with Crippen LogP contribution >= 0.6 is 11.6 Å². The van der Waals surface area contributed by atoms with Crippen molar-refractivity contribution in [3.8, 4) is 0 Å². The van der Waals surface area contributed by atoms with Crippen LogP contribution in [0.25, 0.3) is 0 Å². The Kier molecular flexibility index (Phi) is 5.57. The fourth-order valence-corrected chi connectivity index (χ4v) is 3.65. The number of amides is 2. The summed E-state index contributed by atoms with van der Waals surface area (Å²) in [6.07, 6.45) is -3.81. The van der Waals surface area contributed by atoms with Crippen LogP contribution in [0.3, 0.4) is 0 Å². The number of pyridine rings is 1. The number of nitrogens with zero attached hydrogens (tertiary/aromatic N) is 2. The standard InChI is InChI=1S/C13H13ClF3N3O4S/c14-10-4-3-8(6-18-10)7-25(23,24)19-11(21)9-2-1-5-20(9)12(22)13(15,16)17/h3-4,6,9H,1-2,5,7H2,(H,19,21)/t9-/m1/s1. The van der Waals surface area contributed by atoms with Gasteiger partial charge in [-0.15, -0.1) is 0 Å². The van der Waals surface area contributed by atoms with Gasteiger partial charge in [-0.05, 0) is 24.5 Å². The third-order valence-electron chi connectivity index (χ3n) is 3.46. The maximum atomic E-state index is 12.5. The lowest BCUT2D eigenvalue weighted by Crippen LogP contribution is -2.51. The van der Waals surface area contributed by atoms with E-state index in [-0.39, 0.29) is 30.1 Å². The number of sulfonamides is 1. The lowest BCUT2D eigenvalue weighted by Gasteiger charge is -2.24. The number of carbonyl (C=O) groups is 2. The average molecular weight is 400 g/mol. The molecule has 0 unspecified atom stereocenters. The van der Waals surface area contributed by atoms with Crippen molar-refractivity contribution in [2.24, 2.45) is 0 Å². The number of alkyl halides is 3. The summed E-state index contributed by atoms with van der Waals surface area (Å²) in [6.45, 7) is -0.266. The molecule has 2 amide bonds. The van der Waals surface area contributed by atoms with Crippen LogP contribution < -0.4 is 4.72 Å². The van der Waals surface area contributed by atoms with Crippen molar-refractivity contribution in [2.45, 2.75) is 30.8 Å². The van der Waals surface area contributed by atoms with Crippen molar-refractivity contribution in [3.05, 3.63) is 29.0 Å². The molecule has 2 heterocycles. The Bertz CT molecular complexity index is 768.